The predicted molar refractivity (Wildman–Crippen MR) is 21.4 cm³/mol. The molecule has 0 aliphatic heterocycles. The summed E-state index contributed by atoms with van der Waals surface area (Å²) in [6.07, 6.45) is -12.7. The van der Waals surface area contributed by atoms with E-state index in [4.69, 9.17) is 0 Å². The van der Waals surface area contributed by atoms with Crippen molar-refractivity contribution < 1.29 is 35.1 Å². The Morgan fingerprint density at radius 2 is 0.917 bits per heavy atom. The molecule has 12 heavy (non-hydrogen) atoms. The fourth-order valence-corrected chi connectivity index (χ4v) is 0.284. The Morgan fingerprint density at radius 3 is 0.917 bits per heavy atom. The lowest BCUT2D eigenvalue weighted by Crippen LogP contribution is -2.52. The second-order valence-electron chi connectivity index (χ2n) is 1.82. The van der Waals surface area contributed by atoms with Crippen molar-refractivity contribution in [2.75, 3.05) is 0 Å². The van der Waals surface area contributed by atoms with Crippen LogP contribution >= 0.6 is 0 Å². The van der Waals surface area contributed by atoms with Crippen LogP contribution < -0.4 is 0 Å². The van der Waals surface area contributed by atoms with Crippen molar-refractivity contribution in [1.29, 1.82) is 0 Å². The number of halogens is 8. The molecule has 8 heteroatoms. The van der Waals surface area contributed by atoms with Crippen LogP contribution in [0.4, 0.5) is 35.1 Å². The molecule has 0 aromatic rings. The van der Waals surface area contributed by atoms with Crippen LogP contribution in [0.5, 0.6) is 0 Å². The van der Waals surface area contributed by atoms with Gasteiger partial charge in [0.2, 0.25) is 0 Å². The molecule has 0 saturated carbocycles. The predicted octanol–water partition coefficient (Wildman–Crippen LogP) is 2.95. The molecular weight excluding hydrogens is 200 g/mol. The van der Waals surface area contributed by atoms with Crippen LogP contribution in [0.1, 0.15) is 0 Å². The zero-order valence-electron chi connectivity index (χ0n) is 5.10. The highest BCUT2D eigenvalue weighted by Crippen LogP contribution is 2.47. The molecular formula is C4HF8. The van der Waals surface area contributed by atoms with E-state index < -0.39 is 24.7 Å². The zero-order chi connectivity index (χ0) is 10.2. The van der Waals surface area contributed by atoms with Gasteiger partial charge in [-0.3, -0.25) is 0 Å². The van der Waals surface area contributed by atoms with E-state index in [0.717, 1.165) is 0 Å². The Bertz CT molecular complexity index is 137. The van der Waals surface area contributed by atoms with E-state index in [2.05, 4.69) is 0 Å². The van der Waals surface area contributed by atoms with Crippen LogP contribution in [0.25, 0.3) is 0 Å². The Hall–Kier alpha value is -0.560. The van der Waals surface area contributed by atoms with Crippen LogP contribution in [0.15, 0.2) is 0 Å². The summed E-state index contributed by atoms with van der Waals surface area (Å²) in [7, 11) is 0. The van der Waals surface area contributed by atoms with E-state index >= 15 is 0 Å². The average Bonchev–Trinajstić information content (AvgIpc) is 1.81. The van der Waals surface area contributed by atoms with Crippen molar-refractivity contribution in [3.05, 3.63) is 6.67 Å². The average molecular weight is 201 g/mol. The first-order chi connectivity index (χ1) is 5.06. The van der Waals surface area contributed by atoms with E-state index in [0.29, 0.717) is 0 Å². The number of hydrogen-bond donors (Lipinski definition) is 0. The van der Waals surface area contributed by atoms with E-state index in [1.54, 1.807) is 0 Å². The van der Waals surface area contributed by atoms with Crippen LogP contribution in [-0.4, -0.2) is 18.0 Å². The zero-order valence-corrected chi connectivity index (χ0v) is 5.10. The molecule has 0 spiro atoms. The van der Waals surface area contributed by atoms with Crippen molar-refractivity contribution in [2.45, 2.75) is 18.0 Å². The van der Waals surface area contributed by atoms with Gasteiger partial charge in [0.25, 0.3) is 0 Å². The van der Waals surface area contributed by atoms with E-state index in [1.165, 1.54) is 0 Å². The minimum atomic E-state index is -6.33. The van der Waals surface area contributed by atoms with Crippen molar-refractivity contribution in [3.8, 4) is 0 Å². The second kappa shape index (κ2) is 2.74. The van der Waals surface area contributed by atoms with Gasteiger partial charge in [0.05, 0.1) is 0 Å². The number of alkyl halides is 7. The van der Waals surface area contributed by atoms with E-state index in [-0.39, 0.29) is 0 Å². The molecule has 0 fully saturated rings. The van der Waals surface area contributed by atoms with Crippen molar-refractivity contribution in [2.24, 2.45) is 0 Å². The SMILES string of the molecule is F[CH]C(F)(C(F)(F)F)C(F)(F)F. The summed E-state index contributed by atoms with van der Waals surface area (Å²) in [6.45, 7) is -2.06. The number of hydrogen-bond acceptors (Lipinski definition) is 0. The third kappa shape index (κ3) is 1.61. The summed E-state index contributed by atoms with van der Waals surface area (Å²) in [6, 6.07) is 0. The van der Waals surface area contributed by atoms with Crippen LogP contribution in [0.3, 0.4) is 0 Å². The first kappa shape index (κ1) is 11.4. The first-order valence-corrected chi connectivity index (χ1v) is 2.33. The van der Waals surface area contributed by atoms with Crippen molar-refractivity contribution in [3.63, 3.8) is 0 Å². The van der Waals surface area contributed by atoms with Crippen LogP contribution in [-0.2, 0) is 0 Å². The lowest BCUT2D eigenvalue weighted by Gasteiger charge is -2.26. The smallest absolute Gasteiger partial charge is 0.240 e. The molecule has 0 aliphatic rings. The van der Waals surface area contributed by atoms with Gasteiger partial charge in [-0.25, -0.2) is 8.78 Å². The highest BCUT2D eigenvalue weighted by Gasteiger charge is 2.73. The Balaban J connectivity index is 4.95. The molecule has 0 unspecified atom stereocenters. The molecule has 0 rings (SSSR count). The second-order valence-corrected chi connectivity index (χ2v) is 1.82. The third-order valence-electron chi connectivity index (χ3n) is 0.975. The maximum atomic E-state index is 11.9. The van der Waals surface area contributed by atoms with Gasteiger partial charge in [-0.1, -0.05) is 0 Å². The Kier molecular flexibility index (Phi) is 2.61. The molecule has 0 nitrogen and oxygen atoms in total. The highest BCUT2D eigenvalue weighted by atomic mass is 19.4. The molecule has 0 atom stereocenters. The summed E-state index contributed by atoms with van der Waals surface area (Å²) < 4.78 is 90.4. The van der Waals surface area contributed by atoms with Gasteiger partial charge in [-0.2, -0.15) is 26.3 Å². The maximum Gasteiger partial charge on any atom is 0.434 e. The molecule has 1 radical (unpaired) electrons. The molecule has 0 aromatic heterocycles. The summed E-state index contributed by atoms with van der Waals surface area (Å²) in [4.78, 5) is 0. The topological polar surface area (TPSA) is 0 Å². The lowest BCUT2D eigenvalue weighted by atomic mass is 10.1. The monoisotopic (exact) mass is 201 g/mol. The van der Waals surface area contributed by atoms with E-state index in [1.807, 2.05) is 0 Å². The third-order valence-corrected chi connectivity index (χ3v) is 0.975. The van der Waals surface area contributed by atoms with Gasteiger partial charge in [0, 0.05) is 0 Å². The molecule has 0 aliphatic carbocycles. The minimum absolute atomic E-state index is 2.06. The molecule has 0 saturated heterocycles. The normalized spacial score (nSPS) is 15.0. The summed E-state index contributed by atoms with van der Waals surface area (Å²) >= 11 is 0. The van der Waals surface area contributed by atoms with Gasteiger partial charge in [-0.05, 0) is 0 Å². The molecule has 0 N–H and O–H groups in total. The fourth-order valence-electron chi connectivity index (χ4n) is 0.284. The molecule has 0 heterocycles. The summed E-state index contributed by atoms with van der Waals surface area (Å²) in [5, 5.41) is 0. The van der Waals surface area contributed by atoms with Gasteiger partial charge in [-0.15, -0.1) is 0 Å². The van der Waals surface area contributed by atoms with Gasteiger partial charge in [0.15, 0.2) is 6.67 Å². The maximum absolute atomic E-state index is 11.9. The largest absolute Gasteiger partial charge is 0.434 e. The minimum Gasteiger partial charge on any atom is -0.240 e. The molecule has 0 aromatic carbocycles. The summed E-state index contributed by atoms with van der Waals surface area (Å²) in [5.74, 6) is 0. The van der Waals surface area contributed by atoms with Crippen LogP contribution in [0, 0.1) is 6.67 Å². The van der Waals surface area contributed by atoms with Crippen LogP contribution in [0.2, 0.25) is 0 Å². The quantitative estimate of drug-likeness (QED) is 0.572. The first-order valence-electron chi connectivity index (χ1n) is 2.33. The molecule has 0 bridgehead atoms. The Morgan fingerprint density at radius 1 is 0.667 bits per heavy atom. The van der Waals surface area contributed by atoms with Gasteiger partial charge in [0.1, 0.15) is 0 Å². The molecule has 73 valence electrons. The fraction of sp³-hybridized carbons (Fsp3) is 0.750. The summed E-state index contributed by atoms with van der Waals surface area (Å²) in [5.41, 5.74) is -5.88. The lowest BCUT2D eigenvalue weighted by molar-refractivity contribution is -0.333. The van der Waals surface area contributed by atoms with Gasteiger partial charge < -0.3 is 0 Å². The Labute approximate surface area is 61.2 Å². The number of rotatable bonds is 1. The standard InChI is InChI=1S/C4HF8/c5-1-2(6,3(7,8)9)4(10,11)12/h1H. The highest BCUT2D eigenvalue weighted by molar-refractivity contribution is 5.00. The van der Waals surface area contributed by atoms with Gasteiger partial charge >= 0.3 is 18.0 Å². The van der Waals surface area contributed by atoms with Crippen molar-refractivity contribution >= 4 is 0 Å². The van der Waals surface area contributed by atoms with E-state index in [9.17, 15) is 35.1 Å². The van der Waals surface area contributed by atoms with Crippen molar-refractivity contribution in [1.82, 2.24) is 0 Å². The molecule has 0 amide bonds.